The highest BCUT2D eigenvalue weighted by atomic mass is 16.5. The minimum atomic E-state index is -0.0682. The molecule has 2 aromatic rings. The highest BCUT2D eigenvalue weighted by molar-refractivity contribution is 5.49. The Morgan fingerprint density at radius 3 is 2.46 bits per heavy atom. The van der Waals surface area contributed by atoms with Crippen molar-refractivity contribution in [1.29, 1.82) is 0 Å². The first-order valence-electron chi connectivity index (χ1n) is 7.99. The molecule has 128 valence electrons. The van der Waals surface area contributed by atoms with E-state index < -0.39 is 0 Å². The van der Waals surface area contributed by atoms with E-state index in [0.29, 0.717) is 11.5 Å². The third kappa shape index (κ3) is 2.99. The zero-order valence-electron chi connectivity index (χ0n) is 14.2. The molecule has 2 N–H and O–H groups in total. The second-order valence-corrected chi connectivity index (χ2v) is 6.18. The minimum Gasteiger partial charge on any atom is -0.504 e. The van der Waals surface area contributed by atoms with E-state index in [1.807, 2.05) is 18.2 Å². The lowest BCUT2D eigenvalue weighted by atomic mass is 9.88. The van der Waals surface area contributed by atoms with Crippen molar-refractivity contribution in [2.75, 3.05) is 27.8 Å². The van der Waals surface area contributed by atoms with Crippen LogP contribution in [0.2, 0.25) is 0 Å². The fourth-order valence-electron chi connectivity index (χ4n) is 3.35. The molecule has 0 aliphatic carbocycles. The fourth-order valence-corrected chi connectivity index (χ4v) is 3.35. The predicted molar refractivity (Wildman–Crippen MR) is 92.1 cm³/mol. The summed E-state index contributed by atoms with van der Waals surface area (Å²) in [6, 6.07) is 9.43. The molecule has 0 spiro atoms. The van der Waals surface area contributed by atoms with Gasteiger partial charge in [0.2, 0.25) is 0 Å². The summed E-state index contributed by atoms with van der Waals surface area (Å²) in [6.45, 7) is 0.912. The van der Waals surface area contributed by atoms with Crippen molar-refractivity contribution in [3.8, 4) is 23.0 Å². The lowest BCUT2D eigenvalue weighted by molar-refractivity contribution is 0.228. The predicted octanol–water partition coefficient (Wildman–Crippen LogP) is 2.89. The van der Waals surface area contributed by atoms with E-state index >= 15 is 0 Å². The summed E-state index contributed by atoms with van der Waals surface area (Å²) in [7, 11) is 5.33. The Labute approximate surface area is 142 Å². The van der Waals surface area contributed by atoms with Gasteiger partial charge in [0, 0.05) is 12.6 Å². The number of nitrogens with zero attached hydrogens (tertiary/aromatic N) is 1. The zero-order chi connectivity index (χ0) is 17.3. The summed E-state index contributed by atoms with van der Waals surface area (Å²) in [6.07, 6.45) is 1.65. The molecule has 1 atom stereocenters. The van der Waals surface area contributed by atoms with Crippen LogP contribution in [0.1, 0.15) is 22.7 Å². The van der Waals surface area contributed by atoms with Gasteiger partial charge in [-0.2, -0.15) is 0 Å². The Bertz CT molecular complexity index is 744. The van der Waals surface area contributed by atoms with Crippen LogP contribution in [0.15, 0.2) is 30.3 Å². The first kappa shape index (κ1) is 16.5. The molecule has 5 heteroatoms. The third-order valence-electron chi connectivity index (χ3n) is 4.74. The van der Waals surface area contributed by atoms with Crippen molar-refractivity contribution in [2.24, 2.45) is 0 Å². The molecule has 1 heterocycles. The molecule has 0 bridgehead atoms. The van der Waals surface area contributed by atoms with E-state index in [4.69, 9.17) is 9.47 Å². The molecule has 24 heavy (non-hydrogen) atoms. The van der Waals surface area contributed by atoms with Gasteiger partial charge < -0.3 is 19.7 Å². The SMILES string of the molecule is COc1ccc(C[C@H]2c3cc(O)c(O)cc3CCN2C)cc1OC. The number of hydrogen-bond donors (Lipinski definition) is 2. The highest BCUT2D eigenvalue weighted by Crippen LogP contribution is 2.38. The first-order chi connectivity index (χ1) is 11.5. The van der Waals surface area contributed by atoms with Crippen LogP contribution in [-0.2, 0) is 12.8 Å². The van der Waals surface area contributed by atoms with Gasteiger partial charge in [-0.05, 0) is 60.8 Å². The summed E-state index contributed by atoms with van der Waals surface area (Å²) in [5, 5.41) is 19.6. The third-order valence-corrected chi connectivity index (χ3v) is 4.74. The van der Waals surface area contributed by atoms with Crippen LogP contribution in [0.4, 0.5) is 0 Å². The molecule has 0 amide bonds. The van der Waals surface area contributed by atoms with Crippen LogP contribution in [0.5, 0.6) is 23.0 Å². The number of rotatable bonds is 4. The van der Waals surface area contributed by atoms with Crippen molar-refractivity contribution < 1.29 is 19.7 Å². The van der Waals surface area contributed by atoms with Crippen molar-refractivity contribution in [2.45, 2.75) is 18.9 Å². The smallest absolute Gasteiger partial charge is 0.160 e. The number of hydrogen-bond acceptors (Lipinski definition) is 5. The van der Waals surface area contributed by atoms with E-state index in [1.165, 1.54) is 0 Å². The zero-order valence-corrected chi connectivity index (χ0v) is 14.2. The van der Waals surface area contributed by atoms with Gasteiger partial charge in [0.1, 0.15) is 0 Å². The van der Waals surface area contributed by atoms with Crippen LogP contribution < -0.4 is 9.47 Å². The molecule has 0 fully saturated rings. The van der Waals surface area contributed by atoms with Gasteiger partial charge in [0.25, 0.3) is 0 Å². The van der Waals surface area contributed by atoms with Crippen molar-refractivity contribution in [3.63, 3.8) is 0 Å². The lowest BCUT2D eigenvalue weighted by Crippen LogP contribution is -2.33. The Morgan fingerprint density at radius 1 is 1.04 bits per heavy atom. The molecular formula is C19H23NO4. The summed E-state index contributed by atoms with van der Waals surface area (Å²) >= 11 is 0. The van der Waals surface area contributed by atoms with Gasteiger partial charge in [0.15, 0.2) is 23.0 Å². The number of fused-ring (bicyclic) bond motifs is 1. The number of phenols is 2. The van der Waals surface area contributed by atoms with Gasteiger partial charge in [0.05, 0.1) is 14.2 Å². The fraction of sp³-hybridized carbons (Fsp3) is 0.368. The molecule has 1 aliphatic heterocycles. The molecule has 1 aliphatic rings. The number of likely N-dealkylation sites (N-methyl/N-ethyl adjacent to an activating group) is 1. The Morgan fingerprint density at radius 2 is 1.75 bits per heavy atom. The Kier molecular flexibility index (Phi) is 4.53. The van der Waals surface area contributed by atoms with Crippen LogP contribution in [0, 0.1) is 0 Å². The van der Waals surface area contributed by atoms with Crippen LogP contribution >= 0.6 is 0 Å². The number of phenolic OH excluding ortho intramolecular Hbond substituents is 2. The second kappa shape index (κ2) is 6.61. The Hall–Kier alpha value is -2.40. The molecule has 3 rings (SSSR count). The Balaban J connectivity index is 1.94. The van der Waals surface area contributed by atoms with Crippen LogP contribution in [0.3, 0.4) is 0 Å². The van der Waals surface area contributed by atoms with Crippen molar-refractivity contribution in [3.05, 3.63) is 47.0 Å². The van der Waals surface area contributed by atoms with Gasteiger partial charge in [-0.3, -0.25) is 4.90 Å². The normalized spacial score (nSPS) is 17.4. The van der Waals surface area contributed by atoms with Crippen LogP contribution in [-0.4, -0.2) is 42.9 Å². The molecule has 0 unspecified atom stereocenters. The average molecular weight is 329 g/mol. The molecule has 5 nitrogen and oxygen atoms in total. The monoisotopic (exact) mass is 329 g/mol. The first-order valence-corrected chi connectivity index (χ1v) is 7.99. The summed E-state index contributed by atoms with van der Waals surface area (Å²) in [4.78, 5) is 2.27. The van der Waals surface area contributed by atoms with Gasteiger partial charge in [-0.1, -0.05) is 6.07 Å². The molecule has 0 aromatic heterocycles. The van der Waals surface area contributed by atoms with E-state index in [-0.39, 0.29) is 17.5 Å². The quantitative estimate of drug-likeness (QED) is 0.845. The minimum absolute atomic E-state index is 0.0526. The van der Waals surface area contributed by atoms with Gasteiger partial charge in [-0.25, -0.2) is 0 Å². The van der Waals surface area contributed by atoms with E-state index in [9.17, 15) is 10.2 Å². The molecule has 0 saturated carbocycles. The number of ether oxygens (including phenoxy) is 2. The lowest BCUT2D eigenvalue weighted by Gasteiger charge is -2.35. The maximum atomic E-state index is 9.89. The number of benzene rings is 2. The van der Waals surface area contributed by atoms with Gasteiger partial charge in [-0.15, -0.1) is 0 Å². The highest BCUT2D eigenvalue weighted by Gasteiger charge is 2.26. The molecule has 0 saturated heterocycles. The molecule has 2 aromatic carbocycles. The largest absolute Gasteiger partial charge is 0.504 e. The van der Waals surface area contributed by atoms with E-state index in [0.717, 1.165) is 36.1 Å². The van der Waals surface area contributed by atoms with E-state index in [1.54, 1.807) is 26.4 Å². The van der Waals surface area contributed by atoms with E-state index in [2.05, 4.69) is 11.9 Å². The summed E-state index contributed by atoms with van der Waals surface area (Å²) in [5.41, 5.74) is 3.28. The topological polar surface area (TPSA) is 62.2 Å². The van der Waals surface area contributed by atoms with Crippen molar-refractivity contribution in [1.82, 2.24) is 4.90 Å². The van der Waals surface area contributed by atoms with Gasteiger partial charge >= 0.3 is 0 Å². The second-order valence-electron chi connectivity index (χ2n) is 6.18. The molecular weight excluding hydrogens is 306 g/mol. The standard InChI is InChI=1S/C19H23NO4/c1-20-7-6-13-10-16(21)17(22)11-14(13)15(20)8-12-4-5-18(23-2)19(9-12)24-3/h4-5,9-11,15,21-22H,6-8H2,1-3H3/t15-/m0/s1. The maximum absolute atomic E-state index is 9.89. The maximum Gasteiger partial charge on any atom is 0.160 e. The number of aromatic hydroxyl groups is 2. The van der Waals surface area contributed by atoms with Crippen molar-refractivity contribution >= 4 is 0 Å². The van der Waals surface area contributed by atoms with Crippen LogP contribution in [0.25, 0.3) is 0 Å². The summed E-state index contributed by atoms with van der Waals surface area (Å²) < 4.78 is 10.7. The summed E-state index contributed by atoms with van der Waals surface area (Å²) in [5.74, 6) is 1.30. The molecule has 0 radical (unpaired) electrons. The number of methoxy groups -OCH3 is 2. The average Bonchev–Trinajstić information content (AvgIpc) is 2.59.